The molecule has 3 rings (SSSR count). The molecule has 0 N–H and O–H groups in total. The van der Waals surface area contributed by atoms with Crippen LogP contribution in [-0.4, -0.2) is 43.9 Å². The number of hydrogen-bond donors (Lipinski definition) is 0. The van der Waals surface area contributed by atoms with Crippen molar-refractivity contribution in [3.05, 3.63) is 40.6 Å². The first kappa shape index (κ1) is 13.2. The molecular formula is C13H13N5O3. The molecule has 1 aliphatic rings. The number of carbonyl (C=O) groups excluding carboxylic acids is 1. The highest BCUT2D eigenvalue weighted by Gasteiger charge is 2.21. The standard InChI is InChI=1S/C13H13N5O3/c19-13(16-7-1-2-8-16)17-14-9-12(15-17)10-3-5-11(6-4-10)18(20)21/h3-6,9H,1-2,7-8H2. The Morgan fingerprint density at radius 1 is 1.19 bits per heavy atom. The minimum atomic E-state index is -0.461. The van der Waals surface area contributed by atoms with Crippen molar-refractivity contribution in [2.75, 3.05) is 13.1 Å². The van der Waals surface area contributed by atoms with Crippen LogP contribution < -0.4 is 0 Å². The number of amides is 1. The molecule has 108 valence electrons. The van der Waals surface area contributed by atoms with E-state index in [0.717, 1.165) is 30.7 Å². The average molecular weight is 287 g/mol. The van der Waals surface area contributed by atoms with Gasteiger partial charge >= 0.3 is 6.03 Å². The zero-order valence-electron chi connectivity index (χ0n) is 11.2. The maximum atomic E-state index is 12.1. The van der Waals surface area contributed by atoms with Crippen LogP contribution in [0.4, 0.5) is 10.5 Å². The molecule has 8 heteroatoms. The lowest BCUT2D eigenvalue weighted by molar-refractivity contribution is -0.384. The fraction of sp³-hybridized carbons (Fsp3) is 0.308. The van der Waals surface area contributed by atoms with Gasteiger partial charge < -0.3 is 4.90 Å². The summed E-state index contributed by atoms with van der Waals surface area (Å²) in [6.07, 6.45) is 3.49. The van der Waals surface area contributed by atoms with E-state index in [2.05, 4.69) is 10.2 Å². The minimum Gasteiger partial charge on any atom is -0.322 e. The molecule has 1 aromatic carbocycles. The number of hydrogen-bond acceptors (Lipinski definition) is 5. The number of carbonyl (C=O) groups is 1. The molecule has 2 aromatic rings. The van der Waals surface area contributed by atoms with Gasteiger partial charge in [-0.25, -0.2) is 4.79 Å². The van der Waals surface area contributed by atoms with E-state index in [1.54, 1.807) is 17.0 Å². The van der Waals surface area contributed by atoms with Gasteiger partial charge in [-0.2, -0.15) is 5.10 Å². The van der Waals surface area contributed by atoms with E-state index in [9.17, 15) is 14.9 Å². The van der Waals surface area contributed by atoms with E-state index in [4.69, 9.17) is 0 Å². The lowest BCUT2D eigenvalue weighted by Crippen LogP contribution is -2.33. The molecule has 1 amide bonds. The fourth-order valence-electron chi connectivity index (χ4n) is 2.28. The van der Waals surface area contributed by atoms with Gasteiger partial charge in [0.25, 0.3) is 5.69 Å². The average Bonchev–Trinajstić information content (AvgIpc) is 3.18. The zero-order valence-corrected chi connectivity index (χ0v) is 11.2. The minimum absolute atomic E-state index is 0.0132. The third-order valence-corrected chi connectivity index (χ3v) is 3.41. The number of nitro benzene ring substituents is 1. The molecule has 1 aromatic heterocycles. The predicted molar refractivity (Wildman–Crippen MR) is 73.7 cm³/mol. The van der Waals surface area contributed by atoms with Gasteiger partial charge in [0.2, 0.25) is 0 Å². The third-order valence-electron chi connectivity index (χ3n) is 3.41. The molecule has 0 aliphatic carbocycles. The maximum Gasteiger partial charge on any atom is 0.362 e. The monoisotopic (exact) mass is 287 g/mol. The Labute approximate surface area is 120 Å². The van der Waals surface area contributed by atoms with E-state index < -0.39 is 4.92 Å². The first-order valence-electron chi connectivity index (χ1n) is 6.61. The molecule has 8 nitrogen and oxygen atoms in total. The maximum absolute atomic E-state index is 12.1. The summed E-state index contributed by atoms with van der Waals surface area (Å²) in [6.45, 7) is 1.46. The van der Waals surface area contributed by atoms with Crippen LogP contribution in [0.2, 0.25) is 0 Å². The van der Waals surface area contributed by atoms with Crippen molar-refractivity contribution in [1.29, 1.82) is 0 Å². The van der Waals surface area contributed by atoms with E-state index in [1.807, 2.05) is 0 Å². The summed E-state index contributed by atoms with van der Waals surface area (Å²) in [7, 11) is 0. The quantitative estimate of drug-likeness (QED) is 0.621. The second kappa shape index (κ2) is 5.31. The molecule has 0 radical (unpaired) electrons. The SMILES string of the molecule is O=C(N1CCCC1)n1ncc(-c2ccc([N+](=O)[O-])cc2)n1. The largest absolute Gasteiger partial charge is 0.362 e. The Hall–Kier alpha value is -2.77. The summed E-state index contributed by atoms with van der Waals surface area (Å²) in [5.74, 6) is 0. The summed E-state index contributed by atoms with van der Waals surface area (Å²) in [4.78, 5) is 25.0. The van der Waals surface area contributed by atoms with Gasteiger partial charge in [-0.1, -0.05) is 4.80 Å². The van der Waals surface area contributed by atoms with Crippen molar-refractivity contribution >= 4 is 11.7 Å². The van der Waals surface area contributed by atoms with Crippen molar-refractivity contribution in [3.8, 4) is 11.3 Å². The Kier molecular flexibility index (Phi) is 3.35. The smallest absolute Gasteiger partial charge is 0.322 e. The summed E-state index contributed by atoms with van der Waals surface area (Å²) < 4.78 is 0. The fourth-order valence-corrected chi connectivity index (χ4v) is 2.28. The highest BCUT2D eigenvalue weighted by atomic mass is 16.6. The predicted octanol–water partition coefficient (Wildman–Crippen LogP) is 1.92. The number of likely N-dealkylation sites (tertiary alicyclic amines) is 1. The molecule has 0 spiro atoms. The highest BCUT2D eigenvalue weighted by Crippen LogP contribution is 2.20. The molecule has 0 bridgehead atoms. The van der Waals surface area contributed by atoms with Gasteiger partial charge in [0, 0.05) is 30.8 Å². The summed E-state index contributed by atoms with van der Waals surface area (Å²) >= 11 is 0. The molecule has 1 aliphatic heterocycles. The number of nitrogens with zero attached hydrogens (tertiary/aromatic N) is 5. The van der Waals surface area contributed by atoms with Crippen molar-refractivity contribution in [2.45, 2.75) is 12.8 Å². The lowest BCUT2D eigenvalue weighted by Gasteiger charge is -2.12. The first-order chi connectivity index (χ1) is 10.1. The van der Waals surface area contributed by atoms with Gasteiger partial charge in [0.15, 0.2) is 0 Å². The van der Waals surface area contributed by atoms with E-state index >= 15 is 0 Å². The number of benzene rings is 1. The Morgan fingerprint density at radius 3 is 2.48 bits per heavy atom. The van der Waals surface area contributed by atoms with E-state index in [0.29, 0.717) is 11.3 Å². The Balaban J connectivity index is 1.80. The first-order valence-corrected chi connectivity index (χ1v) is 6.61. The van der Waals surface area contributed by atoms with Crippen LogP contribution in [0.5, 0.6) is 0 Å². The normalized spacial score (nSPS) is 14.4. The summed E-state index contributed by atoms with van der Waals surface area (Å²) in [6, 6.07) is 5.74. The van der Waals surface area contributed by atoms with Gasteiger partial charge in [0.1, 0.15) is 5.69 Å². The topological polar surface area (TPSA) is 94.2 Å². The van der Waals surface area contributed by atoms with Crippen molar-refractivity contribution < 1.29 is 9.72 Å². The van der Waals surface area contributed by atoms with Crippen molar-refractivity contribution in [3.63, 3.8) is 0 Å². The van der Waals surface area contributed by atoms with Gasteiger partial charge in [0.05, 0.1) is 11.1 Å². The molecule has 2 heterocycles. The van der Waals surface area contributed by atoms with Crippen LogP contribution in [0.25, 0.3) is 11.3 Å². The Bertz CT molecular complexity index is 673. The molecule has 0 atom stereocenters. The van der Waals surface area contributed by atoms with Crippen LogP contribution in [0, 0.1) is 10.1 Å². The van der Waals surface area contributed by atoms with E-state index in [-0.39, 0.29) is 11.7 Å². The van der Waals surface area contributed by atoms with Crippen molar-refractivity contribution in [2.24, 2.45) is 0 Å². The molecule has 1 fully saturated rings. The third kappa shape index (κ3) is 2.60. The number of rotatable bonds is 2. The van der Waals surface area contributed by atoms with Crippen LogP contribution in [0.3, 0.4) is 0 Å². The number of non-ortho nitro benzene ring substituents is 1. The van der Waals surface area contributed by atoms with Crippen LogP contribution >= 0.6 is 0 Å². The van der Waals surface area contributed by atoms with Crippen LogP contribution in [0.1, 0.15) is 12.8 Å². The van der Waals surface area contributed by atoms with E-state index in [1.165, 1.54) is 18.3 Å². The lowest BCUT2D eigenvalue weighted by atomic mass is 10.1. The Morgan fingerprint density at radius 2 is 1.86 bits per heavy atom. The van der Waals surface area contributed by atoms with Gasteiger partial charge in [-0.3, -0.25) is 10.1 Å². The van der Waals surface area contributed by atoms with Gasteiger partial charge in [-0.15, -0.1) is 5.10 Å². The number of aromatic nitrogens is 3. The number of nitro groups is 1. The van der Waals surface area contributed by atoms with Crippen molar-refractivity contribution in [1.82, 2.24) is 19.9 Å². The molecule has 0 unspecified atom stereocenters. The second-order valence-electron chi connectivity index (χ2n) is 4.80. The van der Waals surface area contributed by atoms with Crippen LogP contribution in [-0.2, 0) is 0 Å². The molecular weight excluding hydrogens is 274 g/mol. The second-order valence-corrected chi connectivity index (χ2v) is 4.80. The molecule has 0 saturated carbocycles. The zero-order chi connectivity index (χ0) is 14.8. The summed E-state index contributed by atoms with van der Waals surface area (Å²) in [5, 5.41) is 18.7. The molecule has 21 heavy (non-hydrogen) atoms. The molecule has 1 saturated heterocycles. The van der Waals surface area contributed by atoms with Crippen LogP contribution in [0.15, 0.2) is 30.5 Å². The highest BCUT2D eigenvalue weighted by molar-refractivity contribution is 5.75. The summed E-state index contributed by atoms with van der Waals surface area (Å²) in [5.41, 5.74) is 1.21. The van der Waals surface area contributed by atoms with Gasteiger partial charge in [-0.05, 0) is 25.0 Å².